The van der Waals surface area contributed by atoms with Gasteiger partial charge in [0.1, 0.15) is 0 Å². The molecule has 166 valence electrons. The first-order valence-electron chi connectivity index (χ1n) is 12.8. The summed E-state index contributed by atoms with van der Waals surface area (Å²) in [5.41, 5.74) is 4.56. The minimum atomic E-state index is 0.0483. The predicted molar refractivity (Wildman–Crippen MR) is 124 cm³/mol. The number of nitrogens with zero attached hydrogens (tertiary/aromatic N) is 2. The van der Waals surface area contributed by atoms with Gasteiger partial charge in [0.05, 0.1) is 12.1 Å². The number of hydrogen-bond acceptors (Lipinski definition) is 2. The molecule has 2 fully saturated rings. The Morgan fingerprint density at radius 2 is 1.55 bits per heavy atom. The zero-order valence-corrected chi connectivity index (χ0v) is 18.8. The van der Waals surface area contributed by atoms with Crippen molar-refractivity contribution in [3.05, 3.63) is 52.8 Å². The molecule has 0 aliphatic heterocycles. The normalized spacial score (nSPS) is 21.4. The first-order valence-corrected chi connectivity index (χ1v) is 12.8. The summed E-state index contributed by atoms with van der Waals surface area (Å²) in [6.07, 6.45) is 17.1. The van der Waals surface area contributed by atoms with Crippen LogP contribution in [0.4, 0.5) is 0 Å². The summed E-state index contributed by atoms with van der Waals surface area (Å²) in [5.74, 6) is 0.573. The summed E-state index contributed by atoms with van der Waals surface area (Å²) < 4.78 is 2.28. The molecule has 31 heavy (non-hydrogen) atoms. The van der Waals surface area contributed by atoms with Crippen molar-refractivity contribution >= 4 is 5.91 Å². The number of amides is 1. The van der Waals surface area contributed by atoms with Crippen LogP contribution in [0, 0.1) is 5.92 Å². The van der Waals surface area contributed by atoms with Crippen molar-refractivity contribution in [3.8, 4) is 0 Å². The van der Waals surface area contributed by atoms with E-state index in [9.17, 15) is 4.79 Å². The van der Waals surface area contributed by atoms with Crippen LogP contribution in [0.25, 0.3) is 0 Å². The Hall–Kier alpha value is -2.10. The second-order valence-electron chi connectivity index (χ2n) is 9.98. The molecule has 2 aromatic rings. The van der Waals surface area contributed by atoms with Crippen molar-refractivity contribution in [1.29, 1.82) is 0 Å². The van der Waals surface area contributed by atoms with Gasteiger partial charge in [0, 0.05) is 11.3 Å². The number of carbonyl (C=O) groups excluding carboxylic acids is 1. The second-order valence-corrected chi connectivity index (χ2v) is 9.98. The first-order chi connectivity index (χ1) is 15.3. The number of hydrogen-bond donors (Lipinski definition) is 1. The number of carbonyl (C=O) groups is 1. The van der Waals surface area contributed by atoms with Gasteiger partial charge >= 0.3 is 0 Å². The zero-order valence-electron chi connectivity index (χ0n) is 18.8. The lowest BCUT2D eigenvalue weighted by Gasteiger charge is -2.31. The van der Waals surface area contributed by atoms with E-state index in [4.69, 9.17) is 5.10 Å². The van der Waals surface area contributed by atoms with Crippen LogP contribution >= 0.6 is 0 Å². The van der Waals surface area contributed by atoms with Crippen LogP contribution in [0.2, 0.25) is 0 Å². The van der Waals surface area contributed by atoms with Crippen LogP contribution in [0.15, 0.2) is 30.3 Å². The first kappa shape index (κ1) is 20.8. The minimum absolute atomic E-state index is 0.0483. The van der Waals surface area contributed by atoms with Gasteiger partial charge in [0.15, 0.2) is 5.69 Å². The van der Waals surface area contributed by atoms with Gasteiger partial charge in [0.25, 0.3) is 5.91 Å². The number of aromatic nitrogens is 2. The van der Waals surface area contributed by atoms with Gasteiger partial charge in [-0.25, -0.2) is 0 Å². The molecule has 1 atom stereocenters. The van der Waals surface area contributed by atoms with Gasteiger partial charge < -0.3 is 5.32 Å². The Bertz CT molecular complexity index is 875. The lowest BCUT2D eigenvalue weighted by molar-refractivity contribution is 0.0905. The average Bonchev–Trinajstić information content (AvgIpc) is 3.24. The quantitative estimate of drug-likeness (QED) is 0.616. The minimum Gasteiger partial charge on any atom is -0.344 e. The molecule has 5 rings (SSSR count). The highest BCUT2D eigenvalue weighted by molar-refractivity contribution is 5.94. The molecule has 0 saturated heterocycles. The molecule has 1 N–H and O–H groups in total. The van der Waals surface area contributed by atoms with Crippen molar-refractivity contribution in [2.75, 3.05) is 0 Å². The van der Waals surface area contributed by atoms with Crippen LogP contribution < -0.4 is 5.32 Å². The Labute approximate surface area is 186 Å². The molecule has 3 aliphatic rings. The topological polar surface area (TPSA) is 46.9 Å². The summed E-state index contributed by atoms with van der Waals surface area (Å²) in [4.78, 5) is 13.7. The Morgan fingerprint density at radius 3 is 2.29 bits per heavy atom. The summed E-state index contributed by atoms with van der Waals surface area (Å²) >= 11 is 0. The fourth-order valence-corrected chi connectivity index (χ4v) is 6.25. The number of fused-ring (bicyclic) bond motifs is 1. The summed E-state index contributed by atoms with van der Waals surface area (Å²) in [6, 6.07) is 11.2. The van der Waals surface area contributed by atoms with Crippen molar-refractivity contribution < 1.29 is 4.79 Å². The van der Waals surface area contributed by atoms with E-state index in [1.54, 1.807) is 0 Å². The molecule has 1 aromatic carbocycles. The average molecular weight is 420 g/mol. The Balaban J connectivity index is 1.43. The van der Waals surface area contributed by atoms with Crippen molar-refractivity contribution in [3.63, 3.8) is 0 Å². The number of nitrogens with one attached hydrogen (secondary N) is 1. The number of rotatable bonds is 5. The number of benzene rings is 1. The molecule has 4 heteroatoms. The molecule has 4 nitrogen and oxygen atoms in total. The van der Waals surface area contributed by atoms with E-state index in [1.807, 2.05) is 0 Å². The van der Waals surface area contributed by atoms with Gasteiger partial charge in [-0.2, -0.15) is 5.10 Å². The third-order valence-corrected chi connectivity index (χ3v) is 7.91. The summed E-state index contributed by atoms with van der Waals surface area (Å²) in [5, 5.41) is 8.48. The van der Waals surface area contributed by atoms with E-state index in [-0.39, 0.29) is 11.9 Å². The Morgan fingerprint density at radius 1 is 0.871 bits per heavy atom. The maximum atomic E-state index is 13.7. The largest absolute Gasteiger partial charge is 0.344 e. The van der Waals surface area contributed by atoms with E-state index in [0.717, 1.165) is 18.5 Å². The van der Waals surface area contributed by atoms with Gasteiger partial charge in [-0.05, 0) is 62.8 Å². The van der Waals surface area contributed by atoms with Crippen molar-refractivity contribution in [2.24, 2.45) is 5.92 Å². The van der Waals surface area contributed by atoms with Crippen LogP contribution in [0.5, 0.6) is 0 Å². The molecule has 1 aromatic heterocycles. The molecule has 1 unspecified atom stereocenters. The van der Waals surface area contributed by atoms with Crippen molar-refractivity contribution in [2.45, 2.75) is 102 Å². The van der Waals surface area contributed by atoms with Gasteiger partial charge in [-0.3, -0.25) is 9.48 Å². The summed E-state index contributed by atoms with van der Waals surface area (Å²) in [6.45, 7) is 0. The molecule has 1 amide bonds. The monoisotopic (exact) mass is 419 g/mol. The molecule has 2 saturated carbocycles. The molecule has 0 radical (unpaired) electrons. The molecule has 0 bridgehead atoms. The predicted octanol–water partition coefficient (Wildman–Crippen LogP) is 6.32. The van der Waals surface area contributed by atoms with Gasteiger partial charge in [-0.15, -0.1) is 0 Å². The van der Waals surface area contributed by atoms with Crippen LogP contribution in [0.1, 0.15) is 116 Å². The van der Waals surface area contributed by atoms with E-state index < -0.39 is 0 Å². The fourth-order valence-electron chi connectivity index (χ4n) is 6.25. The molecule has 3 aliphatic carbocycles. The molecule has 0 spiro atoms. The highest BCUT2D eigenvalue weighted by Gasteiger charge is 2.32. The van der Waals surface area contributed by atoms with E-state index in [2.05, 4.69) is 40.3 Å². The van der Waals surface area contributed by atoms with Gasteiger partial charge in [-0.1, -0.05) is 68.9 Å². The Kier molecular flexibility index (Phi) is 6.42. The maximum absolute atomic E-state index is 13.7. The fraction of sp³-hybridized carbons (Fsp3) is 0.630. The zero-order chi connectivity index (χ0) is 21.0. The molecule has 1 heterocycles. The smallest absolute Gasteiger partial charge is 0.272 e. The van der Waals surface area contributed by atoms with E-state index in [1.165, 1.54) is 93.9 Å². The highest BCUT2D eigenvalue weighted by Crippen LogP contribution is 2.36. The third kappa shape index (κ3) is 4.44. The second kappa shape index (κ2) is 9.58. The van der Waals surface area contributed by atoms with E-state index in [0.29, 0.717) is 12.0 Å². The lowest BCUT2D eigenvalue weighted by atomic mass is 9.81. The van der Waals surface area contributed by atoms with Crippen LogP contribution in [-0.2, 0) is 12.8 Å². The highest BCUT2D eigenvalue weighted by atomic mass is 16.2. The van der Waals surface area contributed by atoms with Crippen molar-refractivity contribution in [1.82, 2.24) is 15.1 Å². The lowest BCUT2D eigenvalue weighted by Crippen LogP contribution is -2.35. The molecular formula is C27H37N3O. The standard InChI is InChI=1S/C27H37N3O/c31-27(28-25(20-12-4-1-5-13-20)21-14-6-2-7-15-21)26-23-18-10-11-19-24(23)30(29-26)22-16-8-3-9-17-22/h1,4-5,12-13,21-22,25H,2-3,6-11,14-19H2,(H,28,31). The maximum Gasteiger partial charge on any atom is 0.272 e. The van der Waals surface area contributed by atoms with Gasteiger partial charge in [0.2, 0.25) is 0 Å². The molecular weight excluding hydrogens is 382 g/mol. The van der Waals surface area contributed by atoms with E-state index >= 15 is 0 Å². The third-order valence-electron chi connectivity index (χ3n) is 7.91. The SMILES string of the molecule is O=C(NC(c1ccccc1)C1CCCCC1)c1nn(C2CCCCC2)c2c1CCCC2. The van der Waals surface area contributed by atoms with Crippen LogP contribution in [0.3, 0.4) is 0 Å². The summed E-state index contributed by atoms with van der Waals surface area (Å²) in [7, 11) is 0. The van der Waals surface area contributed by atoms with Crippen LogP contribution in [-0.4, -0.2) is 15.7 Å².